The number of fused-ring (bicyclic) bond motifs is 1. The Kier molecular flexibility index (Phi) is 8.15. The van der Waals surface area contributed by atoms with E-state index >= 15 is 0 Å². The van der Waals surface area contributed by atoms with Crippen LogP contribution in [0.1, 0.15) is 33.1 Å². The Morgan fingerprint density at radius 2 is 2.09 bits per heavy atom. The van der Waals surface area contributed by atoms with Crippen LogP contribution < -0.4 is 0 Å². The first kappa shape index (κ1) is 26.1. The number of aliphatic hydroxyl groups is 1. The first-order valence-corrected chi connectivity index (χ1v) is 12.9. The minimum absolute atomic E-state index is 0.213. The number of carbonyl (C=O) groups is 3. The van der Waals surface area contributed by atoms with Crippen LogP contribution in [0.3, 0.4) is 0 Å². The quantitative estimate of drug-likeness (QED) is 0.318. The number of likely N-dealkylation sites (tertiary alicyclic amines) is 1. The van der Waals surface area contributed by atoms with E-state index in [0.717, 1.165) is 13.1 Å². The predicted octanol–water partition coefficient (Wildman–Crippen LogP) is 0.0418. The van der Waals surface area contributed by atoms with Crippen molar-refractivity contribution in [2.45, 2.75) is 56.9 Å². The molecule has 10 nitrogen and oxygen atoms in total. The summed E-state index contributed by atoms with van der Waals surface area (Å²) in [6.07, 6.45) is 2.85. The lowest BCUT2D eigenvalue weighted by atomic mass is 9.70. The molecule has 2 amide bonds. The number of aliphatic hydroxyl groups excluding tert-OH is 1. The summed E-state index contributed by atoms with van der Waals surface area (Å²) >= 11 is 0. The Hall–Kier alpha value is -2.01. The zero-order valence-electron chi connectivity index (χ0n) is 20.9. The molecule has 4 saturated heterocycles. The molecule has 0 radical (unpaired) electrons. The average molecular weight is 494 g/mol. The van der Waals surface area contributed by atoms with Gasteiger partial charge in [-0.3, -0.25) is 19.3 Å². The number of amides is 2. The molecule has 1 spiro atoms. The number of nitrogens with zero attached hydrogens (tertiary/aromatic N) is 3. The van der Waals surface area contributed by atoms with Gasteiger partial charge in [-0.1, -0.05) is 13.0 Å². The lowest BCUT2D eigenvalue weighted by molar-refractivity contribution is -0.156. The van der Waals surface area contributed by atoms with Gasteiger partial charge in [0, 0.05) is 32.7 Å². The topological polar surface area (TPSA) is 109 Å². The molecule has 2 unspecified atom stereocenters. The fourth-order valence-electron chi connectivity index (χ4n) is 6.39. The summed E-state index contributed by atoms with van der Waals surface area (Å²) in [7, 11) is 0. The summed E-state index contributed by atoms with van der Waals surface area (Å²) in [5.41, 5.74) is -1.09. The molecule has 0 saturated carbocycles. The third-order valence-electron chi connectivity index (χ3n) is 8.06. The Labute approximate surface area is 207 Å². The van der Waals surface area contributed by atoms with Crippen LogP contribution in [0.4, 0.5) is 0 Å². The fourth-order valence-corrected chi connectivity index (χ4v) is 6.39. The van der Waals surface area contributed by atoms with Crippen LogP contribution in [0.15, 0.2) is 12.7 Å². The molecular weight excluding hydrogens is 454 g/mol. The number of hydrogen-bond donors (Lipinski definition) is 1. The van der Waals surface area contributed by atoms with Crippen molar-refractivity contribution in [3.05, 3.63) is 12.7 Å². The van der Waals surface area contributed by atoms with Gasteiger partial charge in [0.05, 0.1) is 50.4 Å². The van der Waals surface area contributed by atoms with Crippen LogP contribution in [-0.2, 0) is 28.6 Å². The first-order valence-electron chi connectivity index (χ1n) is 12.9. The van der Waals surface area contributed by atoms with E-state index in [9.17, 15) is 19.5 Å². The molecule has 4 rings (SSSR count). The third-order valence-corrected chi connectivity index (χ3v) is 8.06. The molecular formula is C25H39N3O7. The highest BCUT2D eigenvalue weighted by molar-refractivity contribution is 5.98. The molecule has 10 heteroatoms. The maximum absolute atomic E-state index is 14.2. The number of rotatable bonds is 11. The molecule has 4 aliphatic heterocycles. The first-order chi connectivity index (χ1) is 16.9. The van der Waals surface area contributed by atoms with Crippen molar-refractivity contribution in [1.29, 1.82) is 0 Å². The van der Waals surface area contributed by atoms with E-state index in [1.54, 1.807) is 17.9 Å². The number of carbonyl (C=O) groups excluding carboxylic acids is 3. The highest BCUT2D eigenvalue weighted by Crippen LogP contribution is 2.59. The summed E-state index contributed by atoms with van der Waals surface area (Å²) in [5, 5.41) is 10.1. The highest BCUT2D eigenvalue weighted by atomic mass is 16.6. The van der Waals surface area contributed by atoms with Crippen molar-refractivity contribution in [1.82, 2.24) is 14.7 Å². The molecule has 4 aliphatic rings. The van der Waals surface area contributed by atoms with Gasteiger partial charge in [0.2, 0.25) is 11.8 Å². The molecule has 4 heterocycles. The maximum Gasteiger partial charge on any atom is 0.312 e. The van der Waals surface area contributed by atoms with Gasteiger partial charge in [-0.2, -0.15) is 0 Å². The smallest absolute Gasteiger partial charge is 0.312 e. The van der Waals surface area contributed by atoms with Crippen molar-refractivity contribution in [3.8, 4) is 0 Å². The number of morpholine rings is 1. The summed E-state index contributed by atoms with van der Waals surface area (Å²) in [6, 6.07) is -1.43. The van der Waals surface area contributed by atoms with Crippen LogP contribution >= 0.6 is 0 Å². The normalized spacial score (nSPS) is 33.0. The van der Waals surface area contributed by atoms with Crippen LogP contribution in [0.5, 0.6) is 0 Å². The van der Waals surface area contributed by atoms with E-state index in [1.807, 2.05) is 6.92 Å². The van der Waals surface area contributed by atoms with Crippen LogP contribution in [0.2, 0.25) is 0 Å². The summed E-state index contributed by atoms with van der Waals surface area (Å²) < 4.78 is 17.1. The van der Waals surface area contributed by atoms with E-state index in [4.69, 9.17) is 14.2 Å². The van der Waals surface area contributed by atoms with E-state index in [0.29, 0.717) is 52.1 Å². The largest absolute Gasteiger partial charge is 0.466 e. The van der Waals surface area contributed by atoms with E-state index in [1.165, 1.54) is 4.90 Å². The van der Waals surface area contributed by atoms with Crippen molar-refractivity contribution in [3.63, 3.8) is 0 Å². The molecule has 196 valence electrons. The Morgan fingerprint density at radius 1 is 1.34 bits per heavy atom. The van der Waals surface area contributed by atoms with Gasteiger partial charge in [-0.25, -0.2) is 0 Å². The second-order valence-corrected chi connectivity index (χ2v) is 9.83. The van der Waals surface area contributed by atoms with Crippen molar-refractivity contribution < 1.29 is 33.7 Å². The van der Waals surface area contributed by atoms with E-state index < -0.39 is 41.6 Å². The third kappa shape index (κ3) is 4.50. The van der Waals surface area contributed by atoms with Crippen LogP contribution in [0.25, 0.3) is 0 Å². The SMILES string of the molecule is C=CCN(CCN1CCOCC1)C(=O)C1N([C@@H](CC)CO)C(=O)[C@@H]2[C@@H](C(=O)OCC)[C@H]3CCC12O3. The second kappa shape index (κ2) is 10.9. The molecule has 0 aromatic carbocycles. The van der Waals surface area contributed by atoms with Gasteiger partial charge in [-0.15, -0.1) is 6.58 Å². The minimum atomic E-state index is -1.09. The zero-order chi connectivity index (χ0) is 25.2. The van der Waals surface area contributed by atoms with E-state index in [2.05, 4.69) is 11.5 Å². The highest BCUT2D eigenvalue weighted by Gasteiger charge is 2.75. The van der Waals surface area contributed by atoms with Crippen LogP contribution in [-0.4, -0.2) is 121 Å². The second-order valence-electron chi connectivity index (χ2n) is 9.83. The molecule has 4 fully saturated rings. The minimum Gasteiger partial charge on any atom is -0.466 e. The van der Waals surface area contributed by atoms with Crippen molar-refractivity contribution >= 4 is 17.8 Å². The number of hydrogen-bond acceptors (Lipinski definition) is 8. The van der Waals surface area contributed by atoms with Gasteiger partial charge < -0.3 is 29.1 Å². The maximum atomic E-state index is 14.2. The molecule has 6 atom stereocenters. The summed E-state index contributed by atoms with van der Waals surface area (Å²) in [5.74, 6) is -2.46. The van der Waals surface area contributed by atoms with Crippen molar-refractivity contribution in [2.75, 3.05) is 59.2 Å². The van der Waals surface area contributed by atoms with Gasteiger partial charge in [0.1, 0.15) is 11.6 Å². The Bertz CT molecular complexity index is 813. The monoisotopic (exact) mass is 493 g/mol. The van der Waals surface area contributed by atoms with Crippen molar-refractivity contribution in [2.24, 2.45) is 11.8 Å². The molecule has 0 aromatic rings. The zero-order valence-corrected chi connectivity index (χ0v) is 20.9. The lowest BCUT2D eigenvalue weighted by Gasteiger charge is -2.39. The van der Waals surface area contributed by atoms with Gasteiger partial charge >= 0.3 is 5.97 Å². The molecule has 0 aromatic heterocycles. The summed E-state index contributed by atoms with van der Waals surface area (Å²) in [4.78, 5) is 46.4. The van der Waals surface area contributed by atoms with E-state index in [-0.39, 0.29) is 25.0 Å². The summed E-state index contributed by atoms with van der Waals surface area (Å²) in [6.45, 7) is 11.9. The molecule has 2 bridgehead atoms. The fraction of sp³-hybridized carbons (Fsp3) is 0.800. The number of esters is 1. The van der Waals surface area contributed by atoms with Crippen LogP contribution in [0, 0.1) is 11.8 Å². The lowest BCUT2D eigenvalue weighted by Crippen LogP contribution is -2.59. The Balaban J connectivity index is 1.65. The molecule has 1 N–H and O–H groups in total. The average Bonchev–Trinajstić information content (AvgIpc) is 3.51. The number of ether oxygens (including phenoxy) is 3. The standard InChI is InChI=1S/C25H39N3O7/c1-4-9-27(11-10-26-12-14-33-15-13-26)23(31)21-25-8-7-18(35-25)19(24(32)34-6-3)20(25)22(30)28(21)17(5-2)16-29/h4,17-21,29H,1,5-16H2,2-3H3/t17-,18+,19-,20-,21?,25?/m0/s1. The van der Waals surface area contributed by atoms with Gasteiger partial charge in [0.25, 0.3) is 0 Å². The van der Waals surface area contributed by atoms with Gasteiger partial charge in [0.15, 0.2) is 0 Å². The predicted molar refractivity (Wildman–Crippen MR) is 126 cm³/mol. The molecule has 0 aliphatic carbocycles. The molecule has 35 heavy (non-hydrogen) atoms. The Morgan fingerprint density at radius 3 is 2.71 bits per heavy atom. The van der Waals surface area contributed by atoms with Gasteiger partial charge in [-0.05, 0) is 26.2 Å².